The van der Waals surface area contributed by atoms with Crippen molar-refractivity contribution in [1.82, 2.24) is 20.1 Å². The number of anilines is 1. The van der Waals surface area contributed by atoms with Crippen molar-refractivity contribution in [3.05, 3.63) is 53.5 Å². The average molecular weight is 538 g/mol. The van der Waals surface area contributed by atoms with Crippen molar-refractivity contribution in [2.45, 2.75) is 57.3 Å². The van der Waals surface area contributed by atoms with Gasteiger partial charge in [-0.15, -0.1) is 0 Å². The Labute approximate surface area is 230 Å². The van der Waals surface area contributed by atoms with E-state index in [0.717, 1.165) is 69.0 Å². The zero-order valence-corrected chi connectivity index (χ0v) is 23.0. The van der Waals surface area contributed by atoms with E-state index in [1.807, 2.05) is 11.0 Å². The van der Waals surface area contributed by atoms with Gasteiger partial charge in [0.05, 0.1) is 25.8 Å². The molecule has 0 spiro atoms. The number of morpholine rings is 1. The molecule has 8 nitrogen and oxygen atoms in total. The number of aromatic nitrogens is 1. The first-order valence-electron chi connectivity index (χ1n) is 14.4. The number of fused-ring (bicyclic) bond motifs is 1. The third-order valence-corrected chi connectivity index (χ3v) is 8.64. The van der Waals surface area contributed by atoms with E-state index in [4.69, 9.17) is 9.47 Å². The van der Waals surface area contributed by atoms with Crippen molar-refractivity contribution in [1.29, 1.82) is 0 Å². The van der Waals surface area contributed by atoms with E-state index in [0.29, 0.717) is 43.5 Å². The van der Waals surface area contributed by atoms with E-state index < -0.39 is 0 Å². The van der Waals surface area contributed by atoms with Crippen molar-refractivity contribution >= 4 is 11.6 Å². The molecule has 4 heterocycles. The van der Waals surface area contributed by atoms with Crippen LogP contribution in [0.25, 0.3) is 0 Å². The Balaban J connectivity index is 1.23. The fourth-order valence-corrected chi connectivity index (χ4v) is 6.22. The number of halogens is 1. The summed E-state index contributed by atoms with van der Waals surface area (Å²) in [6.07, 6.45) is 4.67. The van der Waals surface area contributed by atoms with Crippen LogP contribution in [-0.4, -0.2) is 97.4 Å². The number of nitrogens with zero attached hydrogens (tertiary/aromatic N) is 4. The Kier molecular flexibility index (Phi) is 7.84. The first kappa shape index (κ1) is 26.6. The zero-order valence-electron chi connectivity index (χ0n) is 23.0. The quantitative estimate of drug-likeness (QED) is 0.583. The van der Waals surface area contributed by atoms with Gasteiger partial charge in [-0.25, -0.2) is 9.37 Å². The lowest BCUT2D eigenvalue weighted by atomic mass is 10.0. The number of amides is 1. The van der Waals surface area contributed by atoms with E-state index >= 15 is 0 Å². The van der Waals surface area contributed by atoms with Gasteiger partial charge in [-0.2, -0.15) is 0 Å². The van der Waals surface area contributed by atoms with Crippen LogP contribution < -0.4 is 15.0 Å². The summed E-state index contributed by atoms with van der Waals surface area (Å²) >= 11 is 0. The van der Waals surface area contributed by atoms with E-state index in [-0.39, 0.29) is 23.8 Å². The molecule has 1 N–H and O–H groups in total. The van der Waals surface area contributed by atoms with Crippen molar-refractivity contribution in [3.63, 3.8) is 0 Å². The summed E-state index contributed by atoms with van der Waals surface area (Å²) in [5, 5.41) is 3.63. The van der Waals surface area contributed by atoms with Gasteiger partial charge >= 0.3 is 0 Å². The van der Waals surface area contributed by atoms with Crippen LogP contribution in [0.2, 0.25) is 0 Å². The summed E-state index contributed by atoms with van der Waals surface area (Å²) in [5.74, 6) is 0.861. The molecule has 3 aliphatic heterocycles. The first-order valence-corrected chi connectivity index (χ1v) is 14.4. The van der Waals surface area contributed by atoms with Gasteiger partial charge in [0, 0.05) is 50.5 Å². The summed E-state index contributed by atoms with van der Waals surface area (Å²) in [7, 11) is 0. The molecule has 9 heteroatoms. The molecule has 1 aromatic carbocycles. The monoisotopic (exact) mass is 537 g/mol. The Hall–Kier alpha value is -2.59. The number of ether oxygens (including phenoxy) is 2. The topological polar surface area (TPSA) is 70.2 Å². The molecule has 39 heavy (non-hydrogen) atoms. The van der Waals surface area contributed by atoms with Crippen LogP contribution in [0.5, 0.6) is 5.88 Å². The van der Waals surface area contributed by atoms with E-state index in [1.165, 1.54) is 12.1 Å². The van der Waals surface area contributed by atoms with E-state index in [9.17, 15) is 9.18 Å². The number of rotatable bonds is 7. The largest absolute Gasteiger partial charge is 0.474 e. The van der Waals surface area contributed by atoms with Gasteiger partial charge in [-0.1, -0.05) is 12.1 Å². The van der Waals surface area contributed by atoms with Crippen molar-refractivity contribution in [2.75, 3.05) is 57.4 Å². The molecule has 3 fully saturated rings. The Morgan fingerprint density at radius 2 is 1.95 bits per heavy atom. The van der Waals surface area contributed by atoms with Crippen LogP contribution in [0.4, 0.5) is 10.1 Å². The fraction of sp³-hybridized carbons (Fsp3) is 0.600. The second kappa shape index (κ2) is 11.5. The molecule has 4 atom stereocenters. The van der Waals surface area contributed by atoms with Crippen molar-refractivity contribution < 1.29 is 18.7 Å². The number of pyridine rings is 1. The molecule has 1 aromatic heterocycles. The highest BCUT2D eigenvalue weighted by molar-refractivity contribution is 5.97. The van der Waals surface area contributed by atoms with Crippen LogP contribution in [0.15, 0.2) is 36.5 Å². The second-order valence-corrected chi connectivity index (χ2v) is 11.8. The summed E-state index contributed by atoms with van der Waals surface area (Å²) in [6.45, 7) is 10.3. The first-order chi connectivity index (χ1) is 18.9. The number of carbonyl (C=O) groups is 1. The molecule has 2 saturated heterocycles. The Morgan fingerprint density at radius 3 is 2.72 bits per heavy atom. The van der Waals surface area contributed by atoms with Gasteiger partial charge in [0.25, 0.3) is 0 Å². The SMILES string of the molecule is CC1COCCN1C[C@H]1CN[C@H](C)CN1CC(=O)N1c2cc(Cc3ccc(F)cc3)cnc2OCC1C1CC1. The maximum atomic E-state index is 14.2. The minimum atomic E-state index is -0.247. The number of piperazine rings is 1. The van der Waals surface area contributed by atoms with Gasteiger partial charge in [-0.05, 0) is 68.4 Å². The van der Waals surface area contributed by atoms with Crippen LogP contribution in [0.1, 0.15) is 37.8 Å². The van der Waals surface area contributed by atoms with E-state index in [2.05, 4.69) is 33.9 Å². The number of nitrogens with one attached hydrogen (secondary N) is 1. The molecule has 2 unspecified atom stereocenters. The number of carbonyl (C=O) groups excluding carboxylic acids is 1. The molecule has 1 aliphatic carbocycles. The molecule has 2 aromatic rings. The van der Waals surface area contributed by atoms with Gasteiger partial charge in [0.2, 0.25) is 11.8 Å². The molecule has 210 valence electrons. The molecule has 6 rings (SSSR count). The standard InChI is InChI=1S/C30H40FN5O3/c1-20-15-35(26(14-32-20)16-34-9-10-38-18-21(34)2)17-29(37)36-27-12-23(11-22-3-7-25(31)8-4-22)13-33-30(27)39-19-28(36)24-5-6-24/h3-4,7-8,12-13,20-21,24,26,28,32H,5-6,9-11,14-19H2,1-2H3/t20-,21?,26-,28?/m1/s1. The lowest BCUT2D eigenvalue weighted by Crippen LogP contribution is -2.63. The highest BCUT2D eigenvalue weighted by atomic mass is 19.1. The molecular weight excluding hydrogens is 497 g/mol. The Bertz CT molecular complexity index is 1160. The van der Waals surface area contributed by atoms with Gasteiger partial charge < -0.3 is 14.8 Å². The highest BCUT2D eigenvalue weighted by Gasteiger charge is 2.43. The Morgan fingerprint density at radius 1 is 1.13 bits per heavy atom. The number of benzene rings is 1. The second-order valence-electron chi connectivity index (χ2n) is 11.8. The van der Waals surface area contributed by atoms with Gasteiger partial charge in [0.15, 0.2) is 0 Å². The number of hydrogen-bond donors (Lipinski definition) is 1. The van der Waals surface area contributed by atoms with Gasteiger partial charge in [0.1, 0.15) is 18.1 Å². The molecule has 0 radical (unpaired) electrons. The fourth-order valence-electron chi connectivity index (χ4n) is 6.22. The average Bonchev–Trinajstić information content (AvgIpc) is 3.77. The van der Waals surface area contributed by atoms with Crippen LogP contribution in [0.3, 0.4) is 0 Å². The molecule has 1 saturated carbocycles. The highest BCUT2D eigenvalue weighted by Crippen LogP contribution is 2.42. The van der Waals surface area contributed by atoms with Crippen molar-refractivity contribution in [3.8, 4) is 5.88 Å². The van der Waals surface area contributed by atoms with E-state index in [1.54, 1.807) is 18.3 Å². The molecule has 1 amide bonds. The number of hydrogen-bond acceptors (Lipinski definition) is 7. The maximum absolute atomic E-state index is 14.2. The van der Waals surface area contributed by atoms with Crippen LogP contribution >= 0.6 is 0 Å². The van der Waals surface area contributed by atoms with Crippen molar-refractivity contribution in [2.24, 2.45) is 5.92 Å². The minimum absolute atomic E-state index is 0.0333. The maximum Gasteiger partial charge on any atom is 0.241 e. The predicted octanol–water partition coefficient (Wildman–Crippen LogP) is 2.70. The van der Waals surface area contributed by atoms with Crippen LogP contribution in [-0.2, 0) is 16.0 Å². The smallest absolute Gasteiger partial charge is 0.241 e. The molecular formula is C30H40FN5O3. The van der Waals surface area contributed by atoms with Gasteiger partial charge in [-0.3, -0.25) is 19.5 Å². The third kappa shape index (κ3) is 6.11. The lowest BCUT2D eigenvalue weighted by molar-refractivity contribution is -0.122. The molecule has 0 bridgehead atoms. The summed E-state index contributed by atoms with van der Waals surface area (Å²) in [6, 6.07) is 9.59. The normalized spacial score (nSPS) is 28.1. The minimum Gasteiger partial charge on any atom is -0.474 e. The summed E-state index contributed by atoms with van der Waals surface area (Å²) in [5.41, 5.74) is 2.75. The lowest BCUT2D eigenvalue weighted by Gasteiger charge is -2.44. The van der Waals surface area contributed by atoms with Crippen LogP contribution in [0, 0.1) is 11.7 Å². The zero-order chi connectivity index (χ0) is 26.9. The summed E-state index contributed by atoms with van der Waals surface area (Å²) < 4.78 is 25.2. The third-order valence-electron chi connectivity index (χ3n) is 8.64. The predicted molar refractivity (Wildman–Crippen MR) is 148 cm³/mol. The summed E-state index contributed by atoms with van der Waals surface area (Å²) in [4.78, 5) is 25.7. The molecule has 4 aliphatic rings.